The molecule has 1 unspecified atom stereocenters. The summed E-state index contributed by atoms with van der Waals surface area (Å²) < 4.78 is 26.6. The number of amides is 1. The molecule has 1 aliphatic heterocycles. The summed E-state index contributed by atoms with van der Waals surface area (Å²) in [5.74, 6) is -0.543. The Hall–Kier alpha value is -4.20. The minimum Gasteiger partial charge on any atom is -0.409 e. The molecule has 4 N–H and O–H groups in total. The van der Waals surface area contributed by atoms with Crippen LogP contribution < -0.4 is 11.1 Å². The molecule has 1 amide bonds. The number of carbonyl (C=O) groups is 1. The van der Waals surface area contributed by atoms with Crippen LogP contribution in [0.2, 0.25) is 0 Å². The van der Waals surface area contributed by atoms with Crippen molar-refractivity contribution in [2.75, 3.05) is 17.6 Å². The first-order chi connectivity index (χ1) is 17.3. The van der Waals surface area contributed by atoms with Crippen LogP contribution in [-0.2, 0) is 21.2 Å². The summed E-state index contributed by atoms with van der Waals surface area (Å²) in [5, 5.41) is 24.2. The summed E-state index contributed by atoms with van der Waals surface area (Å²) in [6.45, 7) is 0.254. The van der Waals surface area contributed by atoms with E-state index in [1.54, 1.807) is 60.7 Å². The van der Waals surface area contributed by atoms with Crippen LogP contribution in [0.1, 0.15) is 23.1 Å². The maximum Gasteiger partial charge on any atom is 0.243 e. The predicted octanol–water partition coefficient (Wildman–Crippen LogP) is 2.91. The first kappa shape index (κ1) is 24.9. The molecule has 1 aliphatic rings. The van der Waals surface area contributed by atoms with E-state index in [0.717, 1.165) is 11.1 Å². The molecule has 184 valence electrons. The molecule has 0 aromatic heterocycles. The van der Waals surface area contributed by atoms with Gasteiger partial charge in [-0.15, -0.1) is 0 Å². The lowest BCUT2D eigenvalue weighted by atomic mass is 10.00. The molecule has 3 aromatic carbocycles. The standard InChI is InChI=1S/C26H25N5O4S/c27-17-21-6-1-2-8-23(21)19-9-11-22(12-10-19)29-26(32)24(31-13-4-14-36(31,34)35)16-18-5-3-7-20(15-18)25(28)30-33/h1-3,5-12,15,24,33H,4,13-14,16H2,(H2,28,30)(H,29,32). The van der Waals surface area contributed by atoms with Crippen molar-refractivity contribution in [3.8, 4) is 17.2 Å². The highest BCUT2D eigenvalue weighted by atomic mass is 32.2. The molecule has 0 aliphatic carbocycles. The van der Waals surface area contributed by atoms with Gasteiger partial charge in [0.1, 0.15) is 6.04 Å². The van der Waals surface area contributed by atoms with E-state index in [0.29, 0.717) is 28.8 Å². The maximum absolute atomic E-state index is 13.4. The SMILES string of the molecule is N#Cc1ccccc1-c1ccc(NC(=O)C(Cc2cccc(/C(N)=N/O)c2)N2CCCS2(=O)=O)cc1. The van der Waals surface area contributed by atoms with Crippen molar-refractivity contribution in [3.05, 3.63) is 89.5 Å². The number of anilines is 1. The topological polar surface area (TPSA) is 149 Å². The molecule has 1 fully saturated rings. The summed E-state index contributed by atoms with van der Waals surface area (Å²) in [6, 6.07) is 22.3. The molecule has 1 atom stereocenters. The van der Waals surface area contributed by atoms with Crippen LogP contribution in [0.25, 0.3) is 11.1 Å². The molecule has 0 bridgehead atoms. The number of benzene rings is 3. The van der Waals surface area contributed by atoms with Crippen LogP contribution in [0, 0.1) is 11.3 Å². The number of oxime groups is 1. The lowest BCUT2D eigenvalue weighted by molar-refractivity contribution is -0.119. The van der Waals surface area contributed by atoms with E-state index >= 15 is 0 Å². The molecule has 4 rings (SSSR count). The van der Waals surface area contributed by atoms with E-state index in [1.165, 1.54) is 4.31 Å². The Bertz CT molecular complexity index is 1450. The number of amidine groups is 1. The molecular weight excluding hydrogens is 478 g/mol. The fraction of sp³-hybridized carbons (Fsp3) is 0.192. The van der Waals surface area contributed by atoms with Gasteiger partial charge in [0.05, 0.1) is 17.4 Å². The number of nitrogens with zero attached hydrogens (tertiary/aromatic N) is 3. The summed E-state index contributed by atoms with van der Waals surface area (Å²) >= 11 is 0. The molecule has 1 heterocycles. The number of hydrogen-bond donors (Lipinski definition) is 3. The first-order valence-electron chi connectivity index (χ1n) is 11.3. The molecule has 0 spiro atoms. The number of nitriles is 1. The Morgan fingerprint density at radius 1 is 1.14 bits per heavy atom. The normalized spacial score (nSPS) is 16.2. The van der Waals surface area contributed by atoms with E-state index in [2.05, 4.69) is 16.5 Å². The molecule has 10 heteroatoms. The van der Waals surface area contributed by atoms with Gasteiger partial charge in [-0.05, 0) is 53.8 Å². The zero-order chi connectivity index (χ0) is 25.7. The highest BCUT2D eigenvalue weighted by Gasteiger charge is 2.38. The summed E-state index contributed by atoms with van der Waals surface area (Å²) in [7, 11) is -3.57. The van der Waals surface area contributed by atoms with Crippen LogP contribution in [-0.4, -0.2) is 48.0 Å². The van der Waals surface area contributed by atoms with Crippen molar-refractivity contribution in [1.29, 1.82) is 5.26 Å². The maximum atomic E-state index is 13.4. The zero-order valence-electron chi connectivity index (χ0n) is 19.3. The van der Waals surface area contributed by atoms with Crippen LogP contribution in [0.15, 0.2) is 78.0 Å². The Labute approximate surface area is 209 Å². The lowest BCUT2D eigenvalue weighted by Crippen LogP contribution is -2.46. The van der Waals surface area contributed by atoms with Crippen molar-refractivity contribution < 1.29 is 18.4 Å². The summed E-state index contributed by atoms with van der Waals surface area (Å²) in [6.07, 6.45) is 0.564. The Morgan fingerprint density at radius 3 is 2.56 bits per heavy atom. The Balaban J connectivity index is 1.59. The highest BCUT2D eigenvalue weighted by molar-refractivity contribution is 7.89. The molecule has 0 radical (unpaired) electrons. The van der Waals surface area contributed by atoms with Gasteiger partial charge in [-0.25, -0.2) is 8.42 Å². The van der Waals surface area contributed by atoms with Crippen molar-refractivity contribution in [2.24, 2.45) is 10.9 Å². The average molecular weight is 504 g/mol. The van der Waals surface area contributed by atoms with Gasteiger partial charge in [-0.1, -0.05) is 53.7 Å². The van der Waals surface area contributed by atoms with Gasteiger partial charge in [0.25, 0.3) is 0 Å². The minimum atomic E-state index is -3.57. The van der Waals surface area contributed by atoms with E-state index < -0.39 is 22.0 Å². The Kier molecular flexibility index (Phi) is 7.33. The van der Waals surface area contributed by atoms with Crippen molar-refractivity contribution in [3.63, 3.8) is 0 Å². The molecule has 36 heavy (non-hydrogen) atoms. The van der Waals surface area contributed by atoms with Gasteiger partial charge in [-0.3, -0.25) is 4.79 Å². The smallest absolute Gasteiger partial charge is 0.243 e. The number of hydrogen-bond acceptors (Lipinski definition) is 6. The van der Waals surface area contributed by atoms with E-state index in [9.17, 15) is 18.5 Å². The van der Waals surface area contributed by atoms with Crippen molar-refractivity contribution >= 4 is 27.5 Å². The van der Waals surface area contributed by atoms with Crippen LogP contribution in [0.4, 0.5) is 5.69 Å². The van der Waals surface area contributed by atoms with Crippen LogP contribution in [0.3, 0.4) is 0 Å². The minimum absolute atomic E-state index is 0.00602. The number of carbonyl (C=O) groups excluding carboxylic acids is 1. The van der Waals surface area contributed by atoms with Gasteiger partial charge >= 0.3 is 0 Å². The highest BCUT2D eigenvalue weighted by Crippen LogP contribution is 2.26. The number of sulfonamides is 1. The first-order valence-corrected chi connectivity index (χ1v) is 12.9. The Morgan fingerprint density at radius 2 is 1.89 bits per heavy atom. The summed E-state index contributed by atoms with van der Waals surface area (Å²) in [5.41, 5.74) is 9.48. The van der Waals surface area contributed by atoms with Gasteiger partial charge < -0.3 is 16.3 Å². The summed E-state index contributed by atoms with van der Waals surface area (Å²) in [4.78, 5) is 13.4. The monoisotopic (exact) mass is 503 g/mol. The zero-order valence-corrected chi connectivity index (χ0v) is 20.1. The molecule has 9 nitrogen and oxygen atoms in total. The number of nitrogens with two attached hydrogens (primary N) is 1. The van der Waals surface area contributed by atoms with Gasteiger partial charge in [0.2, 0.25) is 15.9 Å². The third-order valence-electron chi connectivity index (χ3n) is 6.06. The van der Waals surface area contributed by atoms with Gasteiger partial charge in [0.15, 0.2) is 5.84 Å². The second-order valence-corrected chi connectivity index (χ2v) is 10.5. The number of nitrogens with one attached hydrogen (secondary N) is 1. The van der Waals surface area contributed by atoms with Crippen LogP contribution >= 0.6 is 0 Å². The molecule has 1 saturated heterocycles. The van der Waals surface area contributed by atoms with Gasteiger partial charge in [-0.2, -0.15) is 9.57 Å². The van der Waals surface area contributed by atoms with E-state index in [-0.39, 0.29) is 24.6 Å². The van der Waals surface area contributed by atoms with Crippen LogP contribution in [0.5, 0.6) is 0 Å². The molecular formula is C26H25N5O4S. The predicted molar refractivity (Wildman–Crippen MR) is 137 cm³/mol. The average Bonchev–Trinajstić information content (AvgIpc) is 3.25. The quantitative estimate of drug-likeness (QED) is 0.195. The molecule has 0 saturated carbocycles. The van der Waals surface area contributed by atoms with E-state index in [1.807, 2.05) is 12.1 Å². The van der Waals surface area contributed by atoms with Crippen molar-refractivity contribution in [1.82, 2.24) is 4.31 Å². The van der Waals surface area contributed by atoms with Crippen molar-refractivity contribution in [2.45, 2.75) is 18.9 Å². The lowest BCUT2D eigenvalue weighted by Gasteiger charge is -2.26. The second kappa shape index (κ2) is 10.6. The molecule has 3 aromatic rings. The van der Waals surface area contributed by atoms with Gasteiger partial charge in [0, 0.05) is 17.8 Å². The van der Waals surface area contributed by atoms with E-state index in [4.69, 9.17) is 10.9 Å². The third-order valence-corrected chi connectivity index (χ3v) is 8.02. The third kappa shape index (κ3) is 5.38. The number of rotatable bonds is 7. The fourth-order valence-corrected chi connectivity index (χ4v) is 5.96. The largest absolute Gasteiger partial charge is 0.409 e. The fourth-order valence-electron chi connectivity index (χ4n) is 4.26. The second-order valence-electron chi connectivity index (χ2n) is 8.41.